The molecule has 20 heavy (non-hydrogen) atoms. The molecule has 108 valence electrons. The molecule has 0 amide bonds. The second-order valence-electron chi connectivity index (χ2n) is 5.63. The van der Waals surface area contributed by atoms with Crippen molar-refractivity contribution in [3.8, 4) is 0 Å². The zero-order valence-corrected chi connectivity index (χ0v) is 12.9. The smallest absolute Gasteiger partial charge is 0.127 e. The summed E-state index contributed by atoms with van der Waals surface area (Å²) in [7, 11) is 0. The van der Waals surface area contributed by atoms with Crippen LogP contribution in [0, 0.1) is 6.92 Å². The molecule has 0 N–H and O–H groups in total. The standard InChI is InChI=1S/C16H21ClN2O/c1-11-6-5-8-14-15(11)19(16(18-14)12(2)17)10-13-7-3-4-9-20-13/h5-6,8,12-13H,3-4,7,9-10H2,1-2H3. The lowest BCUT2D eigenvalue weighted by Gasteiger charge is -2.24. The monoisotopic (exact) mass is 292 g/mol. The van der Waals surface area contributed by atoms with Gasteiger partial charge < -0.3 is 9.30 Å². The number of ether oxygens (including phenoxy) is 1. The van der Waals surface area contributed by atoms with Crippen LogP contribution in [0.4, 0.5) is 0 Å². The van der Waals surface area contributed by atoms with Crippen LogP contribution in [0.3, 0.4) is 0 Å². The van der Waals surface area contributed by atoms with Crippen molar-refractivity contribution >= 4 is 22.6 Å². The summed E-state index contributed by atoms with van der Waals surface area (Å²) in [5.41, 5.74) is 3.47. The topological polar surface area (TPSA) is 27.1 Å². The maximum Gasteiger partial charge on any atom is 0.127 e. The summed E-state index contributed by atoms with van der Waals surface area (Å²) in [6, 6.07) is 6.24. The minimum atomic E-state index is -0.0922. The van der Waals surface area contributed by atoms with Crippen LogP contribution >= 0.6 is 11.6 Å². The van der Waals surface area contributed by atoms with Gasteiger partial charge in [0, 0.05) is 6.61 Å². The lowest BCUT2D eigenvalue weighted by atomic mass is 10.1. The van der Waals surface area contributed by atoms with E-state index in [0.29, 0.717) is 0 Å². The third-order valence-corrected chi connectivity index (χ3v) is 4.21. The van der Waals surface area contributed by atoms with E-state index in [-0.39, 0.29) is 11.5 Å². The minimum absolute atomic E-state index is 0.0922. The highest BCUT2D eigenvalue weighted by molar-refractivity contribution is 6.20. The van der Waals surface area contributed by atoms with Gasteiger partial charge in [0.25, 0.3) is 0 Å². The van der Waals surface area contributed by atoms with E-state index in [0.717, 1.165) is 30.9 Å². The molecule has 1 aliphatic heterocycles. The van der Waals surface area contributed by atoms with Gasteiger partial charge in [-0.2, -0.15) is 0 Å². The van der Waals surface area contributed by atoms with Gasteiger partial charge in [0.2, 0.25) is 0 Å². The molecule has 0 spiro atoms. The lowest BCUT2D eigenvalue weighted by molar-refractivity contribution is 0.00618. The van der Waals surface area contributed by atoms with Crippen LogP contribution in [0.2, 0.25) is 0 Å². The van der Waals surface area contributed by atoms with Crippen molar-refractivity contribution in [3.63, 3.8) is 0 Å². The maximum atomic E-state index is 6.33. The number of rotatable bonds is 3. The summed E-state index contributed by atoms with van der Waals surface area (Å²) in [6.45, 7) is 5.84. The molecule has 3 nitrogen and oxygen atoms in total. The molecule has 1 aliphatic rings. The van der Waals surface area contributed by atoms with Crippen molar-refractivity contribution in [1.82, 2.24) is 9.55 Å². The first-order valence-corrected chi connectivity index (χ1v) is 7.82. The average molecular weight is 293 g/mol. The summed E-state index contributed by atoms with van der Waals surface area (Å²) < 4.78 is 8.15. The van der Waals surface area contributed by atoms with E-state index >= 15 is 0 Å². The van der Waals surface area contributed by atoms with E-state index < -0.39 is 0 Å². The van der Waals surface area contributed by atoms with Gasteiger partial charge in [-0.1, -0.05) is 12.1 Å². The van der Waals surface area contributed by atoms with E-state index in [4.69, 9.17) is 21.3 Å². The van der Waals surface area contributed by atoms with Crippen molar-refractivity contribution in [2.45, 2.75) is 51.1 Å². The number of hydrogen-bond acceptors (Lipinski definition) is 2. The Hall–Kier alpha value is -1.06. The molecular formula is C16H21ClN2O. The van der Waals surface area contributed by atoms with Gasteiger partial charge in [0.1, 0.15) is 5.82 Å². The number of halogens is 1. The zero-order chi connectivity index (χ0) is 14.1. The molecule has 0 saturated carbocycles. The number of alkyl halides is 1. The molecule has 0 aliphatic carbocycles. The molecule has 1 aromatic heterocycles. The van der Waals surface area contributed by atoms with Gasteiger partial charge in [-0.3, -0.25) is 0 Å². The van der Waals surface area contributed by atoms with Crippen LogP contribution in [0.5, 0.6) is 0 Å². The molecule has 1 aromatic carbocycles. The first kappa shape index (κ1) is 13.9. The Labute approximate surface area is 124 Å². The predicted octanol–water partition coefficient (Wildman–Crippen LogP) is 4.21. The summed E-state index contributed by atoms with van der Waals surface area (Å²) >= 11 is 6.33. The lowest BCUT2D eigenvalue weighted by Crippen LogP contribution is -2.25. The predicted molar refractivity (Wildman–Crippen MR) is 82.3 cm³/mol. The zero-order valence-electron chi connectivity index (χ0n) is 12.1. The Morgan fingerprint density at radius 3 is 3.00 bits per heavy atom. The van der Waals surface area contributed by atoms with Gasteiger partial charge >= 0.3 is 0 Å². The molecule has 0 radical (unpaired) electrons. The number of aryl methyl sites for hydroxylation is 1. The van der Waals surface area contributed by atoms with Crippen molar-refractivity contribution in [2.24, 2.45) is 0 Å². The highest BCUT2D eigenvalue weighted by Gasteiger charge is 2.21. The van der Waals surface area contributed by atoms with Crippen LogP contribution in [-0.2, 0) is 11.3 Å². The van der Waals surface area contributed by atoms with E-state index in [9.17, 15) is 0 Å². The van der Waals surface area contributed by atoms with Crippen LogP contribution in [-0.4, -0.2) is 22.3 Å². The molecule has 2 aromatic rings. The molecule has 1 saturated heterocycles. The van der Waals surface area contributed by atoms with Gasteiger partial charge in [-0.05, 0) is 44.7 Å². The molecule has 2 atom stereocenters. The van der Waals surface area contributed by atoms with Crippen LogP contribution in [0.1, 0.15) is 43.0 Å². The molecule has 4 heteroatoms. The number of para-hydroxylation sites is 1. The molecule has 2 unspecified atom stereocenters. The molecule has 3 rings (SSSR count). The average Bonchev–Trinajstić information content (AvgIpc) is 2.80. The number of imidazole rings is 1. The first-order valence-electron chi connectivity index (χ1n) is 7.38. The van der Waals surface area contributed by atoms with Crippen molar-refractivity contribution < 1.29 is 4.74 Å². The number of nitrogens with zero attached hydrogens (tertiary/aromatic N) is 2. The van der Waals surface area contributed by atoms with Gasteiger partial charge in [0.05, 0.1) is 29.1 Å². The molecule has 2 heterocycles. The maximum absolute atomic E-state index is 6.33. The van der Waals surface area contributed by atoms with Crippen LogP contribution < -0.4 is 0 Å². The quantitative estimate of drug-likeness (QED) is 0.792. The van der Waals surface area contributed by atoms with Gasteiger partial charge in [-0.25, -0.2) is 4.98 Å². The van der Waals surface area contributed by atoms with E-state index in [1.54, 1.807) is 0 Å². The molecule has 1 fully saturated rings. The minimum Gasteiger partial charge on any atom is -0.376 e. The summed E-state index contributed by atoms with van der Waals surface area (Å²) in [5, 5.41) is -0.0922. The summed E-state index contributed by atoms with van der Waals surface area (Å²) in [6.07, 6.45) is 3.85. The highest BCUT2D eigenvalue weighted by Crippen LogP contribution is 2.28. The van der Waals surface area contributed by atoms with Crippen LogP contribution in [0.25, 0.3) is 11.0 Å². The van der Waals surface area contributed by atoms with Crippen LogP contribution in [0.15, 0.2) is 18.2 Å². The Balaban J connectivity index is 2.03. The fourth-order valence-electron chi connectivity index (χ4n) is 3.03. The Morgan fingerprint density at radius 2 is 2.30 bits per heavy atom. The largest absolute Gasteiger partial charge is 0.376 e. The van der Waals surface area contributed by atoms with Crippen molar-refractivity contribution in [2.75, 3.05) is 6.61 Å². The summed E-state index contributed by atoms with van der Waals surface area (Å²) in [4.78, 5) is 4.71. The highest BCUT2D eigenvalue weighted by atomic mass is 35.5. The van der Waals surface area contributed by atoms with Gasteiger partial charge in [0.15, 0.2) is 0 Å². The Bertz CT molecular complexity index is 600. The fraction of sp³-hybridized carbons (Fsp3) is 0.562. The van der Waals surface area contributed by atoms with E-state index in [1.165, 1.54) is 23.9 Å². The van der Waals surface area contributed by atoms with E-state index in [1.807, 2.05) is 6.92 Å². The van der Waals surface area contributed by atoms with Crippen molar-refractivity contribution in [1.29, 1.82) is 0 Å². The Kier molecular flexibility index (Phi) is 3.99. The molecular weight excluding hydrogens is 272 g/mol. The van der Waals surface area contributed by atoms with Crippen molar-refractivity contribution in [3.05, 3.63) is 29.6 Å². The fourth-order valence-corrected chi connectivity index (χ4v) is 3.19. The number of benzene rings is 1. The van der Waals surface area contributed by atoms with E-state index in [2.05, 4.69) is 29.7 Å². The number of fused-ring (bicyclic) bond motifs is 1. The second-order valence-corrected chi connectivity index (χ2v) is 6.28. The first-order chi connectivity index (χ1) is 9.66. The third-order valence-electron chi connectivity index (χ3n) is 4.01. The number of hydrogen-bond donors (Lipinski definition) is 0. The normalized spacial score (nSPS) is 21.2. The third kappa shape index (κ3) is 2.57. The second kappa shape index (κ2) is 5.74. The number of aromatic nitrogens is 2. The SMILES string of the molecule is Cc1cccc2nc(C(C)Cl)n(CC3CCCCO3)c12. The Morgan fingerprint density at radius 1 is 1.45 bits per heavy atom. The summed E-state index contributed by atoms with van der Waals surface area (Å²) in [5.74, 6) is 0.949. The van der Waals surface area contributed by atoms with Gasteiger partial charge in [-0.15, -0.1) is 11.6 Å². The molecule has 0 bridgehead atoms.